The molecule has 3 aromatic carbocycles. The molecule has 2 fully saturated rings. The molecule has 2 saturated heterocycles. The number of halogens is 2. The summed E-state index contributed by atoms with van der Waals surface area (Å²) in [4.78, 5) is 23.6. The summed E-state index contributed by atoms with van der Waals surface area (Å²) in [6.07, 6.45) is 4.82. The third kappa shape index (κ3) is 7.86. The van der Waals surface area contributed by atoms with E-state index in [0.717, 1.165) is 86.4 Å². The first-order chi connectivity index (χ1) is 24.2. The van der Waals surface area contributed by atoms with Crippen molar-refractivity contribution in [3.05, 3.63) is 81.3 Å². The highest BCUT2D eigenvalue weighted by atomic mass is 35.5. The van der Waals surface area contributed by atoms with Gasteiger partial charge < -0.3 is 33.9 Å². The minimum Gasteiger partial charge on any atom is -0.493 e. The Kier molecular flexibility index (Phi) is 11.8. The molecule has 0 radical (unpaired) electrons. The summed E-state index contributed by atoms with van der Waals surface area (Å²) in [5.74, 6) is 2.12. The molecule has 1 atom stereocenters. The fourth-order valence-corrected chi connectivity index (χ4v) is 8.04. The van der Waals surface area contributed by atoms with E-state index in [0.29, 0.717) is 59.5 Å². The van der Waals surface area contributed by atoms with Gasteiger partial charge in [0.15, 0.2) is 11.5 Å². The Morgan fingerprint density at radius 3 is 2.54 bits per heavy atom. The maximum Gasteiger partial charge on any atom is 0.254 e. The summed E-state index contributed by atoms with van der Waals surface area (Å²) in [5.41, 5.74) is 4.47. The number of hydrogen-bond donors (Lipinski definition) is 1. The van der Waals surface area contributed by atoms with Gasteiger partial charge in [0.2, 0.25) is 5.95 Å². The molecule has 2 aliphatic rings. The molecule has 9 nitrogen and oxygen atoms in total. The van der Waals surface area contributed by atoms with Crippen molar-refractivity contribution in [1.29, 1.82) is 0 Å². The van der Waals surface area contributed by atoms with Crippen molar-refractivity contribution in [3.8, 4) is 11.5 Å². The number of para-hydroxylation sites is 2. The van der Waals surface area contributed by atoms with Crippen LogP contribution in [-0.2, 0) is 16.7 Å². The number of rotatable bonds is 13. The number of aromatic nitrogens is 2. The quantitative estimate of drug-likeness (QED) is 0.141. The maximum atomic E-state index is 14.1. The number of piperidine rings is 2. The number of imidazole rings is 1. The van der Waals surface area contributed by atoms with Crippen LogP contribution in [0.15, 0.2) is 54.6 Å². The van der Waals surface area contributed by atoms with E-state index in [1.165, 1.54) is 0 Å². The Hall–Kier alpha value is -3.50. The number of hydrogen-bond acceptors (Lipinski definition) is 7. The Bertz CT molecular complexity index is 1790. The van der Waals surface area contributed by atoms with E-state index in [2.05, 4.69) is 39.0 Å². The third-order valence-electron chi connectivity index (χ3n) is 10.5. The predicted molar refractivity (Wildman–Crippen MR) is 201 cm³/mol. The average molecular weight is 723 g/mol. The van der Waals surface area contributed by atoms with E-state index in [4.69, 9.17) is 42.4 Å². The lowest BCUT2D eigenvalue weighted by Crippen LogP contribution is -2.50. The lowest BCUT2D eigenvalue weighted by Gasteiger charge is -2.45. The van der Waals surface area contributed by atoms with E-state index in [1.54, 1.807) is 20.3 Å². The zero-order valence-electron chi connectivity index (χ0n) is 29.6. The number of fused-ring (bicyclic) bond motifs is 1. The zero-order valence-corrected chi connectivity index (χ0v) is 31.2. The number of carbonyl (C=O) groups is 1. The first-order valence-electron chi connectivity index (χ1n) is 17.7. The van der Waals surface area contributed by atoms with Gasteiger partial charge in [-0.25, -0.2) is 4.98 Å². The lowest BCUT2D eigenvalue weighted by molar-refractivity contribution is 0.0607. The number of benzene rings is 3. The van der Waals surface area contributed by atoms with Crippen molar-refractivity contribution < 1.29 is 19.0 Å². The smallest absolute Gasteiger partial charge is 0.254 e. The molecule has 4 aromatic rings. The molecule has 0 saturated carbocycles. The van der Waals surface area contributed by atoms with Crippen LogP contribution in [-0.4, -0.2) is 91.5 Å². The van der Waals surface area contributed by atoms with Crippen LogP contribution in [0.1, 0.15) is 60.5 Å². The van der Waals surface area contributed by atoms with Gasteiger partial charge >= 0.3 is 0 Å². The van der Waals surface area contributed by atoms with Crippen molar-refractivity contribution in [2.24, 2.45) is 0 Å². The SMILES string of the molecule is CCOCCn1c(NC2CCN(CCC3(c4ccc(Cl)c(Cl)c4)CCCN(C(=O)c4cc(C)c(OC)c(OC)c4)C3)CC2)nc2ccccc21. The molecule has 6 rings (SSSR count). The highest BCUT2D eigenvalue weighted by Crippen LogP contribution is 2.41. The van der Waals surface area contributed by atoms with Gasteiger partial charge in [-0.1, -0.05) is 41.4 Å². The molecule has 1 unspecified atom stereocenters. The average Bonchev–Trinajstić information content (AvgIpc) is 3.48. The highest BCUT2D eigenvalue weighted by molar-refractivity contribution is 6.42. The number of nitrogens with zero attached hydrogens (tertiary/aromatic N) is 4. The largest absolute Gasteiger partial charge is 0.493 e. The van der Waals surface area contributed by atoms with Crippen LogP contribution >= 0.6 is 23.2 Å². The molecular formula is C39H49Cl2N5O4. The molecule has 0 aliphatic carbocycles. The minimum atomic E-state index is -0.256. The summed E-state index contributed by atoms with van der Waals surface area (Å²) >= 11 is 13.0. The maximum absolute atomic E-state index is 14.1. The molecule has 268 valence electrons. The predicted octanol–water partition coefficient (Wildman–Crippen LogP) is 7.85. The van der Waals surface area contributed by atoms with Crippen LogP contribution in [0.4, 0.5) is 5.95 Å². The van der Waals surface area contributed by atoms with Crippen LogP contribution < -0.4 is 14.8 Å². The number of aryl methyl sites for hydroxylation is 1. The normalized spacial score (nSPS) is 18.8. The standard InChI is InChI=1S/C39H49Cl2N5O4/c1-5-50-22-21-46-34-10-7-6-9-33(34)43-38(46)42-30-13-18-44(19-14-30)20-16-39(29-11-12-31(40)32(41)25-29)15-8-17-45(26-39)37(47)28-23-27(2)36(49-4)35(24-28)48-3/h6-7,9-12,23-25,30H,5,8,13-22,26H2,1-4H3,(H,42,43). The number of nitrogens with one attached hydrogen (secondary N) is 1. The summed E-state index contributed by atoms with van der Waals surface area (Å²) in [6.45, 7) is 10.3. The monoisotopic (exact) mass is 721 g/mol. The second kappa shape index (κ2) is 16.2. The molecule has 0 bridgehead atoms. The highest BCUT2D eigenvalue weighted by Gasteiger charge is 2.40. The number of amides is 1. The summed E-state index contributed by atoms with van der Waals surface area (Å²) in [6, 6.07) is 18.3. The van der Waals surface area contributed by atoms with Crippen molar-refractivity contribution >= 4 is 46.1 Å². The number of ether oxygens (including phenoxy) is 3. The van der Waals surface area contributed by atoms with Crippen LogP contribution in [0.25, 0.3) is 11.0 Å². The number of methoxy groups -OCH3 is 2. The lowest BCUT2D eigenvalue weighted by atomic mass is 9.71. The Labute approximate surface area is 305 Å². The molecule has 1 amide bonds. The van der Waals surface area contributed by atoms with Gasteiger partial charge in [-0.15, -0.1) is 0 Å². The van der Waals surface area contributed by atoms with Gasteiger partial charge in [-0.3, -0.25) is 4.79 Å². The second-order valence-electron chi connectivity index (χ2n) is 13.6. The van der Waals surface area contributed by atoms with Crippen LogP contribution in [0.2, 0.25) is 10.0 Å². The van der Waals surface area contributed by atoms with E-state index >= 15 is 0 Å². The molecule has 2 aliphatic heterocycles. The summed E-state index contributed by atoms with van der Waals surface area (Å²) < 4.78 is 19.0. The van der Waals surface area contributed by atoms with Crippen LogP contribution in [0.3, 0.4) is 0 Å². The summed E-state index contributed by atoms with van der Waals surface area (Å²) in [7, 11) is 3.21. The van der Waals surface area contributed by atoms with Crippen molar-refractivity contribution in [2.75, 3.05) is 65.5 Å². The fraction of sp³-hybridized carbons (Fsp3) is 0.487. The van der Waals surface area contributed by atoms with Crippen molar-refractivity contribution in [3.63, 3.8) is 0 Å². The van der Waals surface area contributed by atoms with Gasteiger partial charge in [0.1, 0.15) is 0 Å². The van der Waals surface area contributed by atoms with Crippen LogP contribution in [0, 0.1) is 6.92 Å². The van der Waals surface area contributed by atoms with Gasteiger partial charge in [0, 0.05) is 56.4 Å². The van der Waals surface area contributed by atoms with Crippen molar-refractivity contribution in [1.82, 2.24) is 19.4 Å². The summed E-state index contributed by atoms with van der Waals surface area (Å²) in [5, 5.41) is 4.85. The Morgan fingerprint density at radius 1 is 1.00 bits per heavy atom. The zero-order chi connectivity index (χ0) is 35.3. The first-order valence-corrected chi connectivity index (χ1v) is 18.5. The van der Waals surface area contributed by atoms with Gasteiger partial charge in [0.05, 0.1) is 41.9 Å². The molecule has 0 spiro atoms. The molecule has 50 heavy (non-hydrogen) atoms. The number of carbonyl (C=O) groups excluding carboxylic acids is 1. The molecule has 1 aromatic heterocycles. The van der Waals surface area contributed by atoms with E-state index in [9.17, 15) is 4.79 Å². The molecule has 1 N–H and O–H groups in total. The van der Waals surface area contributed by atoms with Gasteiger partial charge in [-0.2, -0.15) is 0 Å². The Morgan fingerprint density at radius 2 is 1.80 bits per heavy atom. The topological polar surface area (TPSA) is 81.1 Å². The number of likely N-dealkylation sites (tertiary alicyclic amines) is 2. The Balaban J connectivity index is 1.15. The van der Waals surface area contributed by atoms with Gasteiger partial charge in [0.25, 0.3) is 5.91 Å². The molecular weight excluding hydrogens is 673 g/mol. The molecule has 3 heterocycles. The first kappa shape index (κ1) is 36.3. The van der Waals surface area contributed by atoms with Gasteiger partial charge in [-0.05, 0) is 100 Å². The van der Waals surface area contributed by atoms with E-state index < -0.39 is 0 Å². The van der Waals surface area contributed by atoms with Crippen molar-refractivity contribution in [2.45, 2.75) is 64.0 Å². The third-order valence-corrected chi connectivity index (χ3v) is 11.2. The fourth-order valence-electron chi connectivity index (χ4n) is 7.74. The van der Waals surface area contributed by atoms with E-state index in [-0.39, 0.29) is 11.3 Å². The van der Waals surface area contributed by atoms with E-state index in [1.807, 2.05) is 43.0 Å². The minimum absolute atomic E-state index is 0.00245. The second-order valence-corrected chi connectivity index (χ2v) is 14.4. The molecule has 11 heteroatoms. The van der Waals surface area contributed by atoms with Crippen LogP contribution in [0.5, 0.6) is 11.5 Å². The number of anilines is 1.